The molecule has 20 heavy (non-hydrogen) atoms. The minimum Gasteiger partial charge on any atom is -0.306 e. The van der Waals surface area contributed by atoms with Crippen molar-refractivity contribution in [3.05, 3.63) is 70.8 Å². The third-order valence-electron chi connectivity index (χ3n) is 3.03. The first-order chi connectivity index (χ1) is 9.49. The third-order valence-corrected chi connectivity index (χ3v) is 3.03. The lowest BCUT2D eigenvalue weighted by Crippen LogP contribution is -2.19. The highest BCUT2D eigenvalue weighted by Gasteiger charge is 2.13. The Labute approximate surface area is 114 Å². The van der Waals surface area contributed by atoms with Gasteiger partial charge in [0, 0.05) is 18.2 Å². The van der Waals surface area contributed by atoms with Gasteiger partial charge in [0.15, 0.2) is 17.5 Å². The minimum atomic E-state index is -1.49. The van der Waals surface area contributed by atoms with Crippen molar-refractivity contribution in [1.82, 2.24) is 5.32 Å². The van der Waals surface area contributed by atoms with Crippen molar-refractivity contribution in [3.8, 4) is 0 Å². The van der Waals surface area contributed by atoms with Crippen LogP contribution in [0.1, 0.15) is 24.1 Å². The SMILES string of the molecule is C[C@@H](NCc1cc(F)c(F)c(F)c1)c1ccccc1F. The molecule has 0 aromatic heterocycles. The summed E-state index contributed by atoms with van der Waals surface area (Å²) in [5, 5.41) is 2.93. The first-order valence-electron chi connectivity index (χ1n) is 6.10. The zero-order valence-electron chi connectivity index (χ0n) is 10.8. The highest BCUT2D eigenvalue weighted by atomic mass is 19.2. The van der Waals surface area contributed by atoms with E-state index >= 15 is 0 Å². The van der Waals surface area contributed by atoms with Crippen LogP contribution in [0.4, 0.5) is 17.6 Å². The summed E-state index contributed by atoms with van der Waals surface area (Å²) in [7, 11) is 0. The number of halogens is 4. The summed E-state index contributed by atoms with van der Waals surface area (Å²) >= 11 is 0. The second kappa shape index (κ2) is 6.05. The maximum absolute atomic E-state index is 13.5. The number of hydrogen-bond donors (Lipinski definition) is 1. The maximum atomic E-state index is 13.5. The van der Waals surface area contributed by atoms with Gasteiger partial charge in [0.1, 0.15) is 5.82 Å². The van der Waals surface area contributed by atoms with E-state index in [1.54, 1.807) is 25.1 Å². The van der Waals surface area contributed by atoms with E-state index in [0.717, 1.165) is 12.1 Å². The average molecular weight is 283 g/mol. The molecule has 106 valence electrons. The Balaban J connectivity index is 2.07. The molecule has 1 N–H and O–H groups in total. The lowest BCUT2D eigenvalue weighted by molar-refractivity contribution is 0.443. The number of benzene rings is 2. The molecule has 0 heterocycles. The van der Waals surface area contributed by atoms with Crippen LogP contribution >= 0.6 is 0 Å². The van der Waals surface area contributed by atoms with Crippen molar-refractivity contribution in [2.75, 3.05) is 0 Å². The van der Waals surface area contributed by atoms with Gasteiger partial charge in [-0.25, -0.2) is 17.6 Å². The molecular weight excluding hydrogens is 270 g/mol. The molecule has 0 amide bonds. The molecule has 2 rings (SSSR count). The van der Waals surface area contributed by atoms with Crippen molar-refractivity contribution in [2.24, 2.45) is 0 Å². The molecule has 2 aromatic carbocycles. The normalized spacial score (nSPS) is 12.4. The van der Waals surface area contributed by atoms with Gasteiger partial charge in [0.25, 0.3) is 0 Å². The summed E-state index contributed by atoms with van der Waals surface area (Å²) in [6.45, 7) is 1.83. The summed E-state index contributed by atoms with van der Waals surface area (Å²) < 4.78 is 52.4. The van der Waals surface area contributed by atoms with Crippen LogP contribution in [0.3, 0.4) is 0 Å². The van der Waals surface area contributed by atoms with Gasteiger partial charge in [-0.05, 0) is 30.7 Å². The molecule has 0 aliphatic rings. The molecule has 2 aromatic rings. The molecule has 1 atom stereocenters. The van der Waals surface area contributed by atoms with Crippen molar-refractivity contribution < 1.29 is 17.6 Å². The van der Waals surface area contributed by atoms with Gasteiger partial charge in [0.2, 0.25) is 0 Å². The monoisotopic (exact) mass is 283 g/mol. The molecule has 0 aliphatic heterocycles. The van der Waals surface area contributed by atoms with Gasteiger partial charge in [-0.3, -0.25) is 0 Å². The summed E-state index contributed by atoms with van der Waals surface area (Å²) in [5.74, 6) is -4.32. The third kappa shape index (κ3) is 3.17. The Hall–Kier alpha value is -1.88. The number of hydrogen-bond acceptors (Lipinski definition) is 1. The molecule has 0 aliphatic carbocycles. The predicted molar refractivity (Wildman–Crippen MR) is 68.0 cm³/mol. The summed E-state index contributed by atoms with van der Waals surface area (Å²) in [4.78, 5) is 0. The van der Waals surface area contributed by atoms with E-state index in [2.05, 4.69) is 5.32 Å². The Morgan fingerprint density at radius 2 is 1.55 bits per heavy atom. The highest BCUT2D eigenvalue weighted by molar-refractivity contribution is 5.22. The van der Waals surface area contributed by atoms with E-state index in [-0.39, 0.29) is 24.0 Å². The predicted octanol–water partition coefficient (Wildman–Crippen LogP) is 4.09. The standard InChI is InChI=1S/C15H13F4N/c1-9(11-4-2-3-5-12(11)16)20-8-10-6-13(17)15(19)14(18)7-10/h2-7,9,20H,8H2,1H3/t9-/m1/s1. The van der Waals surface area contributed by atoms with E-state index < -0.39 is 17.5 Å². The molecule has 5 heteroatoms. The zero-order chi connectivity index (χ0) is 14.7. The zero-order valence-corrected chi connectivity index (χ0v) is 10.8. The summed E-state index contributed by atoms with van der Waals surface area (Å²) in [6, 6.07) is 7.74. The molecule has 0 radical (unpaired) electrons. The Kier molecular flexibility index (Phi) is 4.39. The smallest absolute Gasteiger partial charge is 0.194 e. The Morgan fingerprint density at radius 3 is 2.15 bits per heavy atom. The van der Waals surface area contributed by atoms with E-state index in [9.17, 15) is 17.6 Å². The average Bonchev–Trinajstić information content (AvgIpc) is 2.42. The Morgan fingerprint density at radius 1 is 0.950 bits per heavy atom. The van der Waals surface area contributed by atoms with E-state index in [1.165, 1.54) is 6.07 Å². The van der Waals surface area contributed by atoms with Crippen molar-refractivity contribution in [1.29, 1.82) is 0 Å². The topological polar surface area (TPSA) is 12.0 Å². The molecule has 0 bridgehead atoms. The van der Waals surface area contributed by atoms with Crippen LogP contribution in [0.2, 0.25) is 0 Å². The molecule has 0 saturated heterocycles. The van der Waals surface area contributed by atoms with Gasteiger partial charge in [0.05, 0.1) is 0 Å². The van der Waals surface area contributed by atoms with Crippen LogP contribution in [-0.4, -0.2) is 0 Å². The summed E-state index contributed by atoms with van der Waals surface area (Å²) in [6.07, 6.45) is 0. The van der Waals surface area contributed by atoms with Crippen LogP contribution in [-0.2, 0) is 6.54 Å². The minimum absolute atomic E-state index is 0.101. The Bertz CT molecular complexity index is 590. The largest absolute Gasteiger partial charge is 0.306 e. The molecular formula is C15H13F4N. The van der Waals surface area contributed by atoms with Crippen LogP contribution < -0.4 is 5.32 Å². The molecule has 0 unspecified atom stereocenters. The van der Waals surface area contributed by atoms with Crippen LogP contribution in [0.15, 0.2) is 36.4 Å². The van der Waals surface area contributed by atoms with Gasteiger partial charge in [-0.2, -0.15) is 0 Å². The van der Waals surface area contributed by atoms with Crippen molar-refractivity contribution in [2.45, 2.75) is 19.5 Å². The quantitative estimate of drug-likeness (QED) is 0.658. The highest BCUT2D eigenvalue weighted by Crippen LogP contribution is 2.18. The molecule has 0 saturated carbocycles. The fraction of sp³-hybridized carbons (Fsp3) is 0.200. The first-order valence-corrected chi connectivity index (χ1v) is 6.10. The fourth-order valence-corrected chi connectivity index (χ4v) is 1.92. The second-order valence-electron chi connectivity index (χ2n) is 4.50. The summed E-state index contributed by atoms with van der Waals surface area (Å²) in [5.41, 5.74) is 0.708. The van der Waals surface area contributed by atoms with Gasteiger partial charge in [-0.1, -0.05) is 18.2 Å². The van der Waals surface area contributed by atoms with Crippen LogP contribution in [0.25, 0.3) is 0 Å². The first kappa shape index (κ1) is 14.5. The van der Waals surface area contributed by atoms with E-state index in [1.807, 2.05) is 0 Å². The van der Waals surface area contributed by atoms with Gasteiger partial charge in [-0.15, -0.1) is 0 Å². The van der Waals surface area contributed by atoms with E-state index in [0.29, 0.717) is 5.56 Å². The van der Waals surface area contributed by atoms with Crippen molar-refractivity contribution >= 4 is 0 Å². The fourth-order valence-electron chi connectivity index (χ4n) is 1.92. The molecule has 0 spiro atoms. The molecule has 1 nitrogen and oxygen atoms in total. The van der Waals surface area contributed by atoms with Gasteiger partial charge >= 0.3 is 0 Å². The van der Waals surface area contributed by atoms with Crippen molar-refractivity contribution in [3.63, 3.8) is 0 Å². The van der Waals surface area contributed by atoms with Gasteiger partial charge < -0.3 is 5.32 Å². The molecule has 0 fully saturated rings. The lowest BCUT2D eigenvalue weighted by Gasteiger charge is -2.15. The maximum Gasteiger partial charge on any atom is 0.194 e. The number of rotatable bonds is 4. The lowest BCUT2D eigenvalue weighted by atomic mass is 10.1. The van der Waals surface area contributed by atoms with E-state index in [4.69, 9.17) is 0 Å². The van der Waals surface area contributed by atoms with Crippen LogP contribution in [0, 0.1) is 23.3 Å². The van der Waals surface area contributed by atoms with Crippen LogP contribution in [0.5, 0.6) is 0 Å². The number of nitrogens with one attached hydrogen (secondary N) is 1. The second-order valence-corrected chi connectivity index (χ2v) is 4.50.